The number of hydrogen-bond donors (Lipinski definition) is 6. The van der Waals surface area contributed by atoms with Gasteiger partial charge in [-0.3, -0.25) is 20.1 Å². The van der Waals surface area contributed by atoms with Gasteiger partial charge in [0, 0.05) is 153 Å². The molecule has 514 valence electrons. The van der Waals surface area contributed by atoms with Crippen LogP contribution in [0.15, 0.2) is 188 Å². The van der Waals surface area contributed by atoms with Gasteiger partial charge in [-0.2, -0.15) is 20.5 Å². The molecule has 3 fully saturated rings. The van der Waals surface area contributed by atoms with Crippen LogP contribution >= 0.6 is 0 Å². The number of carbonyl (C=O) groups excluding carboxylic acids is 1. The molecule has 10 heterocycles. The molecule has 0 atom stereocenters. The van der Waals surface area contributed by atoms with Crippen molar-refractivity contribution in [1.29, 1.82) is 0 Å². The molecular weight excluding hydrogens is 1310 g/mol. The number of halogens is 3. The minimum absolute atomic E-state index is 0.103. The number of ether oxygens (including phenoxy) is 3. The molecule has 0 radical (unpaired) electrons. The van der Waals surface area contributed by atoms with Crippen molar-refractivity contribution in [3.8, 4) is 56.5 Å². The number of aromatic carboxylic acids is 1. The van der Waals surface area contributed by atoms with Gasteiger partial charge in [0.25, 0.3) is 0 Å². The third-order valence-electron chi connectivity index (χ3n) is 20.3. The van der Waals surface area contributed by atoms with E-state index in [1.165, 1.54) is 54.2 Å². The molecule has 8 aromatic carbocycles. The zero-order valence-corrected chi connectivity index (χ0v) is 55.4. The van der Waals surface area contributed by atoms with Gasteiger partial charge in [-0.1, -0.05) is 42.5 Å². The van der Waals surface area contributed by atoms with E-state index >= 15 is 0 Å². The summed E-state index contributed by atoms with van der Waals surface area (Å²) in [6, 6.07) is 45.3. The Kier molecular flexibility index (Phi) is 16.9. The Labute approximate surface area is 585 Å². The van der Waals surface area contributed by atoms with Gasteiger partial charge in [0.15, 0.2) is 5.78 Å². The minimum atomic E-state index is -1.20. The molecule has 23 heteroatoms. The van der Waals surface area contributed by atoms with Crippen LogP contribution < -0.4 is 0 Å². The highest BCUT2D eigenvalue weighted by Crippen LogP contribution is 2.49. The second kappa shape index (κ2) is 27.1. The molecule has 0 spiro atoms. The lowest BCUT2D eigenvalue weighted by atomic mass is 9.88. The third-order valence-corrected chi connectivity index (χ3v) is 20.3. The first-order valence-corrected chi connectivity index (χ1v) is 34.3. The lowest BCUT2D eigenvalue weighted by Crippen LogP contribution is -2.18. The lowest BCUT2D eigenvalue weighted by Gasteiger charge is -2.26. The van der Waals surface area contributed by atoms with E-state index in [1.54, 1.807) is 30.5 Å². The monoisotopic (exact) mass is 1380 g/mol. The number of benzene rings is 8. The van der Waals surface area contributed by atoms with Crippen LogP contribution in [-0.2, 0) is 19.0 Å². The summed E-state index contributed by atoms with van der Waals surface area (Å²) in [5.74, 6) is -0.975. The van der Waals surface area contributed by atoms with Crippen LogP contribution in [0.1, 0.15) is 95.7 Å². The number of carboxylic acids is 1. The van der Waals surface area contributed by atoms with Gasteiger partial charge in [0.2, 0.25) is 5.82 Å². The van der Waals surface area contributed by atoms with Gasteiger partial charge in [0.05, 0.1) is 51.7 Å². The largest absolute Gasteiger partial charge is 0.507 e. The predicted molar refractivity (Wildman–Crippen MR) is 386 cm³/mol. The number of aromatic nitrogens is 13. The number of hydrogen-bond acceptors (Lipinski definition) is 12. The van der Waals surface area contributed by atoms with Crippen LogP contribution in [-0.4, -0.2) is 127 Å². The summed E-state index contributed by atoms with van der Waals surface area (Å²) < 4.78 is 65.2. The molecule has 0 bridgehead atoms. The first-order chi connectivity index (χ1) is 50.5. The number of carbonyl (C=O) groups is 2. The Balaban J connectivity index is 0.000000115. The van der Waals surface area contributed by atoms with Crippen molar-refractivity contribution in [1.82, 2.24) is 64.9 Å². The van der Waals surface area contributed by atoms with Crippen LogP contribution in [0.3, 0.4) is 0 Å². The van der Waals surface area contributed by atoms with Gasteiger partial charge in [-0.05, 0) is 188 Å². The summed E-state index contributed by atoms with van der Waals surface area (Å²) in [5, 5.41) is 62.1. The van der Waals surface area contributed by atoms with Gasteiger partial charge in [0.1, 0.15) is 28.8 Å². The van der Waals surface area contributed by atoms with Gasteiger partial charge < -0.3 is 38.1 Å². The van der Waals surface area contributed by atoms with E-state index in [4.69, 9.17) is 14.2 Å². The number of nitrogens with zero attached hydrogens (tertiary/aromatic N) is 9. The Morgan fingerprint density at radius 3 is 1.29 bits per heavy atom. The average molecular weight is 1380 g/mol. The molecule has 0 saturated carbocycles. The number of nitrogens with one attached hydrogen (secondary N) is 4. The Morgan fingerprint density at radius 2 is 0.883 bits per heavy atom. The Hall–Kier alpha value is -12.1. The van der Waals surface area contributed by atoms with Gasteiger partial charge in [-0.15, -0.1) is 10.2 Å². The number of phenols is 1. The standard InChI is InChI=1S/C27H22FN7O.C27H22FN3O4.C26H22FN3O2/c28-20-5-7-21(8-6-20)35-24-13-19-15-29-30-23(19)14-22(24)25(26(35)17-9-11-36-12-10-17)16-1-3-18(4-2-16)27-31-33-34-32-27;28-18-2-4-19(5-3-18)31-23-12-17-14-29-30-22(17)13-20(23)25(26(31)15-7-9-35-10-8-15)16-1-6-24(32)21(11-16)27(33)34;27-19-4-6-20(7-5-19)30-24-13-18-15-28-29-23(18)14-22(24)25(17-2-1-3-21(31)12-17)26(30)16-8-10-32-11-9-16/h1-8,13-15,17H,9-12H2,(H,29,30)(H,31,32,33,34);1-6,11-15,32H,7-10H2,(H,29,30)(H,33,34);1-2,4-7,12-16H,3,8-11H2,(H,28,29). The summed E-state index contributed by atoms with van der Waals surface area (Å²) in [6.07, 6.45) is 16.8. The van der Waals surface area contributed by atoms with Crippen LogP contribution in [0.25, 0.3) is 122 Å². The Bertz CT molecular complexity index is 5770. The first kappa shape index (κ1) is 64.3. The average Bonchev–Trinajstić information content (AvgIpc) is 1.59. The zero-order chi connectivity index (χ0) is 69.8. The molecular formula is C80H66F3N13O7. The number of carboxylic acid groups (broad SMARTS) is 1. The summed E-state index contributed by atoms with van der Waals surface area (Å²) in [5.41, 5.74) is 18.3. The molecule has 0 unspecified atom stereocenters. The summed E-state index contributed by atoms with van der Waals surface area (Å²) in [7, 11) is 0. The predicted octanol–water partition coefficient (Wildman–Crippen LogP) is 16.4. The quantitative estimate of drug-likeness (QED) is 0.0705. The van der Waals surface area contributed by atoms with Crippen molar-refractivity contribution in [2.24, 2.45) is 0 Å². The number of aromatic amines is 4. The lowest BCUT2D eigenvalue weighted by molar-refractivity contribution is -0.113. The highest BCUT2D eigenvalue weighted by atomic mass is 19.1. The Morgan fingerprint density at radius 1 is 0.485 bits per heavy atom. The smallest absolute Gasteiger partial charge is 0.339 e. The van der Waals surface area contributed by atoms with E-state index in [2.05, 4.69) is 101 Å². The number of allylic oxidation sites excluding steroid dienone is 4. The van der Waals surface area contributed by atoms with Crippen LogP contribution in [0.2, 0.25) is 0 Å². The normalized spacial score (nSPS) is 15.5. The fraction of sp³-hybridized carbons (Fsp3) is 0.200. The number of ketones is 1. The third kappa shape index (κ3) is 12.1. The number of H-pyrrole nitrogens is 4. The van der Waals surface area contributed by atoms with Crippen molar-refractivity contribution in [2.75, 3.05) is 39.6 Å². The fourth-order valence-corrected chi connectivity index (χ4v) is 15.5. The van der Waals surface area contributed by atoms with Crippen LogP contribution in [0.5, 0.6) is 5.75 Å². The summed E-state index contributed by atoms with van der Waals surface area (Å²) in [4.78, 5) is 24.2. The number of fused-ring (bicyclic) bond motifs is 6. The van der Waals surface area contributed by atoms with Crippen LogP contribution in [0.4, 0.5) is 13.2 Å². The highest BCUT2D eigenvalue weighted by Gasteiger charge is 2.33. The summed E-state index contributed by atoms with van der Waals surface area (Å²) in [6.45, 7) is 4.08. The van der Waals surface area contributed by atoms with Crippen molar-refractivity contribution in [3.63, 3.8) is 0 Å². The molecule has 15 aromatic rings. The molecule has 3 saturated heterocycles. The van der Waals surface area contributed by atoms with Gasteiger partial charge >= 0.3 is 5.97 Å². The van der Waals surface area contributed by atoms with E-state index in [9.17, 15) is 33.0 Å². The fourth-order valence-electron chi connectivity index (χ4n) is 15.5. The van der Waals surface area contributed by atoms with Gasteiger partial charge in [-0.25, -0.2) is 18.0 Å². The maximum atomic E-state index is 13.9. The van der Waals surface area contributed by atoms with E-state index < -0.39 is 5.97 Å². The molecule has 19 rings (SSSR count). The second-order valence-corrected chi connectivity index (χ2v) is 26.4. The van der Waals surface area contributed by atoms with E-state index in [0.29, 0.717) is 50.2 Å². The number of tetrazole rings is 1. The molecule has 0 amide bonds. The molecule has 6 N–H and O–H groups in total. The van der Waals surface area contributed by atoms with E-state index in [-0.39, 0.29) is 46.4 Å². The topological polar surface area (TPSA) is 258 Å². The first-order valence-electron chi connectivity index (χ1n) is 34.3. The second-order valence-electron chi connectivity index (χ2n) is 26.4. The van der Waals surface area contributed by atoms with Crippen molar-refractivity contribution in [3.05, 3.63) is 234 Å². The van der Waals surface area contributed by atoms with E-state index in [1.807, 2.05) is 73.1 Å². The number of rotatable bonds is 11. The van der Waals surface area contributed by atoms with E-state index in [0.717, 1.165) is 179 Å². The molecule has 7 aromatic heterocycles. The van der Waals surface area contributed by atoms with Crippen molar-refractivity contribution < 1.29 is 47.2 Å². The molecule has 4 aliphatic rings. The minimum Gasteiger partial charge on any atom is -0.507 e. The van der Waals surface area contributed by atoms with Crippen LogP contribution in [0, 0.1) is 17.5 Å². The van der Waals surface area contributed by atoms with Crippen molar-refractivity contribution in [2.45, 2.75) is 62.7 Å². The summed E-state index contributed by atoms with van der Waals surface area (Å²) >= 11 is 0. The van der Waals surface area contributed by atoms with Crippen molar-refractivity contribution >= 4 is 82.7 Å². The zero-order valence-electron chi connectivity index (χ0n) is 55.4. The molecule has 103 heavy (non-hydrogen) atoms. The maximum absolute atomic E-state index is 13.9. The maximum Gasteiger partial charge on any atom is 0.339 e. The number of aromatic hydroxyl groups is 1. The highest BCUT2D eigenvalue weighted by molar-refractivity contribution is 6.11. The molecule has 3 aliphatic heterocycles. The molecule has 1 aliphatic carbocycles. The molecule has 20 nitrogen and oxygen atoms in total. The SMILES string of the molecule is Fc1ccc(-n2c(C3CCOCC3)c(-c3ccc(-c4nn[nH]n4)cc3)c3cc4[nH]ncc4cc32)cc1.O=C(O)c1cc(-c2c(C3CCOCC3)n(-c3ccc(F)cc3)c3cc4cn[nH]c4cc23)ccc1O.O=C1C=C(c2c(C3CCOCC3)n(-c3ccc(F)cc3)c3cc4cn[nH]c4cc23)C=CC1.